The Kier molecular flexibility index (Phi) is 3.72. The second kappa shape index (κ2) is 5.85. The number of fused-ring (bicyclic) bond motifs is 1. The molecule has 0 spiro atoms. The standard InChI is InChI=1S/C16H24N6/c1-19-8-10-21(11-9-19)14-3-6-20(7-4-14)15-12-17-16-2-5-18-22(16)13-15/h2,5,12-14H,3-4,6-11H2,1H3. The van der Waals surface area contributed by atoms with Gasteiger partial charge in [-0.15, -0.1) is 0 Å². The number of anilines is 1. The Hall–Kier alpha value is -1.66. The van der Waals surface area contributed by atoms with Gasteiger partial charge in [0.15, 0.2) is 5.65 Å². The van der Waals surface area contributed by atoms with Crippen molar-refractivity contribution in [2.75, 3.05) is 51.2 Å². The largest absolute Gasteiger partial charge is 0.369 e. The third kappa shape index (κ3) is 2.68. The van der Waals surface area contributed by atoms with Gasteiger partial charge in [0.1, 0.15) is 0 Å². The molecule has 2 aliphatic heterocycles. The summed E-state index contributed by atoms with van der Waals surface area (Å²) in [5.74, 6) is 0. The summed E-state index contributed by atoms with van der Waals surface area (Å²) >= 11 is 0. The van der Waals surface area contributed by atoms with Crippen molar-refractivity contribution in [3.05, 3.63) is 24.7 Å². The van der Waals surface area contributed by atoms with Crippen molar-refractivity contribution >= 4 is 11.3 Å². The smallest absolute Gasteiger partial charge is 0.155 e. The van der Waals surface area contributed by atoms with Crippen molar-refractivity contribution in [3.8, 4) is 0 Å². The lowest BCUT2D eigenvalue weighted by Crippen LogP contribution is -2.52. The Bertz CT molecular complexity index is 622. The van der Waals surface area contributed by atoms with Crippen LogP contribution in [0, 0.1) is 0 Å². The number of likely N-dealkylation sites (N-methyl/N-ethyl adjacent to an activating group) is 1. The van der Waals surface area contributed by atoms with E-state index >= 15 is 0 Å². The molecule has 2 aromatic heterocycles. The van der Waals surface area contributed by atoms with Crippen LogP contribution in [0.25, 0.3) is 5.65 Å². The fourth-order valence-corrected chi connectivity index (χ4v) is 3.64. The second-order valence-electron chi connectivity index (χ2n) is 6.50. The third-order valence-electron chi connectivity index (χ3n) is 5.12. The summed E-state index contributed by atoms with van der Waals surface area (Å²) in [7, 11) is 2.22. The van der Waals surface area contributed by atoms with Gasteiger partial charge in [0.2, 0.25) is 0 Å². The van der Waals surface area contributed by atoms with Crippen LogP contribution in [0.3, 0.4) is 0 Å². The quantitative estimate of drug-likeness (QED) is 0.826. The Morgan fingerprint density at radius 2 is 1.82 bits per heavy atom. The Labute approximate surface area is 131 Å². The van der Waals surface area contributed by atoms with Crippen molar-refractivity contribution in [3.63, 3.8) is 0 Å². The van der Waals surface area contributed by atoms with Gasteiger partial charge in [0.25, 0.3) is 0 Å². The zero-order chi connectivity index (χ0) is 14.9. The molecule has 0 atom stereocenters. The first-order chi connectivity index (χ1) is 10.8. The van der Waals surface area contributed by atoms with E-state index < -0.39 is 0 Å². The van der Waals surface area contributed by atoms with Gasteiger partial charge in [-0.1, -0.05) is 0 Å². The van der Waals surface area contributed by atoms with Crippen molar-refractivity contribution in [1.29, 1.82) is 0 Å². The molecule has 2 aliphatic rings. The number of piperazine rings is 1. The molecule has 4 heterocycles. The Balaban J connectivity index is 1.38. The number of hydrogen-bond donors (Lipinski definition) is 0. The molecule has 6 nitrogen and oxygen atoms in total. The fraction of sp³-hybridized carbons (Fsp3) is 0.625. The highest BCUT2D eigenvalue weighted by Gasteiger charge is 2.26. The highest BCUT2D eigenvalue weighted by Crippen LogP contribution is 2.22. The topological polar surface area (TPSA) is 39.9 Å². The minimum Gasteiger partial charge on any atom is -0.369 e. The van der Waals surface area contributed by atoms with Gasteiger partial charge in [-0.25, -0.2) is 9.50 Å². The van der Waals surface area contributed by atoms with Gasteiger partial charge >= 0.3 is 0 Å². The van der Waals surface area contributed by atoms with Crippen LogP contribution >= 0.6 is 0 Å². The number of piperidine rings is 1. The summed E-state index contributed by atoms with van der Waals surface area (Å²) in [4.78, 5) is 12.0. The average molecular weight is 300 g/mol. The summed E-state index contributed by atoms with van der Waals surface area (Å²) in [6, 6.07) is 2.69. The molecule has 0 saturated carbocycles. The zero-order valence-corrected chi connectivity index (χ0v) is 13.2. The highest BCUT2D eigenvalue weighted by molar-refractivity contribution is 5.48. The van der Waals surface area contributed by atoms with Crippen LogP contribution in [-0.4, -0.2) is 76.8 Å². The third-order valence-corrected chi connectivity index (χ3v) is 5.12. The number of rotatable bonds is 2. The van der Waals surface area contributed by atoms with E-state index in [9.17, 15) is 0 Å². The lowest BCUT2D eigenvalue weighted by atomic mass is 10.0. The monoisotopic (exact) mass is 300 g/mol. The van der Waals surface area contributed by atoms with Gasteiger partial charge in [-0.3, -0.25) is 4.90 Å². The summed E-state index contributed by atoms with van der Waals surface area (Å²) in [5.41, 5.74) is 2.10. The molecule has 0 amide bonds. The molecule has 118 valence electrons. The Morgan fingerprint density at radius 3 is 2.59 bits per heavy atom. The molecule has 2 aromatic rings. The molecule has 0 radical (unpaired) electrons. The molecule has 0 aromatic carbocycles. The van der Waals surface area contributed by atoms with Gasteiger partial charge in [0.05, 0.1) is 24.3 Å². The molecule has 0 bridgehead atoms. The molecule has 22 heavy (non-hydrogen) atoms. The summed E-state index contributed by atoms with van der Waals surface area (Å²) in [5, 5.41) is 4.28. The van der Waals surface area contributed by atoms with Gasteiger partial charge in [-0.05, 0) is 19.9 Å². The van der Waals surface area contributed by atoms with Gasteiger partial charge < -0.3 is 9.80 Å². The van der Waals surface area contributed by atoms with Crippen LogP contribution in [0.1, 0.15) is 12.8 Å². The van der Waals surface area contributed by atoms with Crippen molar-refractivity contribution in [2.45, 2.75) is 18.9 Å². The molecule has 0 N–H and O–H groups in total. The molecule has 0 aliphatic carbocycles. The van der Waals surface area contributed by atoms with E-state index in [0.29, 0.717) is 0 Å². The lowest BCUT2D eigenvalue weighted by Gasteiger charge is -2.42. The first-order valence-corrected chi connectivity index (χ1v) is 8.26. The van der Waals surface area contributed by atoms with Crippen LogP contribution in [0.15, 0.2) is 24.7 Å². The lowest BCUT2D eigenvalue weighted by molar-refractivity contribution is 0.0982. The zero-order valence-electron chi connectivity index (χ0n) is 13.2. The van der Waals surface area contributed by atoms with Crippen LogP contribution < -0.4 is 4.90 Å². The van der Waals surface area contributed by atoms with E-state index in [0.717, 1.165) is 24.8 Å². The summed E-state index contributed by atoms with van der Waals surface area (Å²) < 4.78 is 1.86. The van der Waals surface area contributed by atoms with Gasteiger partial charge in [0, 0.05) is 51.4 Å². The number of aromatic nitrogens is 3. The van der Waals surface area contributed by atoms with E-state index in [-0.39, 0.29) is 0 Å². The van der Waals surface area contributed by atoms with Crippen molar-refractivity contribution in [2.24, 2.45) is 0 Å². The first-order valence-electron chi connectivity index (χ1n) is 8.26. The van der Waals surface area contributed by atoms with E-state index in [1.165, 1.54) is 44.7 Å². The molecule has 4 rings (SSSR count). The van der Waals surface area contributed by atoms with Crippen molar-refractivity contribution in [1.82, 2.24) is 24.4 Å². The van der Waals surface area contributed by atoms with Crippen LogP contribution in [0.5, 0.6) is 0 Å². The van der Waals surface area contributed by atoms with E-state index in [4.69, 9.17) is 0 Å². The maximum absolute atomic E-state index is 4.48. The van der Waals surface area contributed by atoms with Crippen LogP contribution in [0.4, 0.5) is 5.69 Å². The van der Waals surface area contributed by atoms with E-state index in [2.05, 4.69) is 38.0 Å². The number of hydrogen-bond acceptors (Lipinski definition) is 5. The predicted octanol–water partition coefficient (Wildman–Crippen LogP) is 0.945. The maximum Gasteiger partial charge on any atom is 0.155 e. The van der Waals surface area contributed by atoms with Crippen LogP contribution in [0.2, 0.25) is 0 Å². The number of nitrogens with zero attached hydrogens (tertiary/aromatic N) is 6. The normalized spacial score (nSPS) is 22.5. The molecule has 6 heteroatoms. The predicted molar refractivity (Wildman–Crippen MR) is 87.3 cm³/mol. The average Bonchev–Trinajstić information content (AvgIpc) is 3.03. The maximum atomic E-state index is 4.48. The highest BCUT2D eigenvalue weighted by atomic mass is 15.3. The van der Waals surface area contributed by atoms with Crippen molar-refractivity contribution < 1.29 is 0 Å². The molecule has 0 unspecified atom stereocenters. The summed E-state index contributed by atoms with van der Waals surface area (Å²) in [6.07, 6.45) is 8.37. The minimum atomic E-state index is 0.756. The molecule has 2 saturated heterocycles. The Morgan fingerprint density at radius 1 is 1.05 bits per heavy atom. The minimum absolute atomic E-state index is 0.756. The van der Waals surface area contributed by atoms with Crippen LogP contribution in [-0.2, 0) is 0 Å². The molecular weight excluding hydrogens is 276 g/mol. The second-order valence-corrected chi connectivity index (χ2v) is 6.50. The molecule has 2 fully saturated rings. The van der Waals surface area contributed by atoms with E-state index in [1.54, 1.807) is 6.20 Å². The first kappa shape index (κ1) is 14.0. The fourth-order valence-electron chi connectivity index (χ4n) is 3.64. The summed E-state index contributed by atoms with van der Waals surface area (Å²) in [6.45, 7) is 7.10. The SMILES string of the molecule is CN1CCN(C2CCN(c3cnc4ccnn4c3)CC2)CC1. The molecular formula is C16H24N6. The van der Waals surface area contributed by atoms with E-state index in [1.807, 2.05) is 16.8 Å². The van der Waals surface area contributed by atoms with Gasteiger partial charge in [-0.2, -0.15) is 5.10 Å².